The Morgan fingerprint density at radius 1 is 1.18 bits per heavy atom. The molecule has 3 fully saturated rings. The molecule has 13 nitrogen and oxygen atoms in total. The highest BCUT2D eigenvalue weighted by atomic mass is 16.7. The number of carbonyl (C=O) groups excluding carboxylic acids is 1. The second-order valence-corrected chi connectivity index (χ2v) is 12.7. The van der Waals surface area contributed by atoms with E-state index in [1.54, 1.807) is 12.2 Å². The minimum Gasteiger partial charge on any atom is -0.423 e. The molecule has 44 heavy (non-hydrogen) atoms. The highest BCUT2D eigenvalue weighted by Crippen LogP contribution is 2.62. The highest BCUT2D eigenvalue weighted by molar-refractivity contribution is 5.96. The van der Waals surface area contributed by atoms with Gasteiger partial charge in [-0.1, -0.05) is 38.2 Å². The quantitative estimate of drug-likeness (QED) is 0.125. The first-order chi connectivity index (χ1) is 20.8. The lowest BCUT2D eigenvalue weighted by Gasteiger charge is -2.60. The lowest BCUT2D eigenvalue weighted by atomic mass is 9.46. The van der Waals surface area contributed by atoms with Crippen molar-refractivity contribution in [2.75, 3.05) is 18.9 Å². The first-order valence-corrected chi connectivity index (χ1v) is 14.8. The van der Waals surface area contributed by atoms with Crippen molar-refractivity contribution in [2.45, 2.75) is 76.3 Å². The van der Waals surface area contributed by atoms with Gasteiger partial charge in [-0.3, -0.25) is 9.78 Å². The fourth-order valence-corrected chi connectivity index (χ4v) is 7.51. The molecule has 0 amide bonds. The van der Waals surface area contributed by atoms with Crippen LogP contribution in [0.5, 0.6) is 0 Å². The molecule has 1 aromatic heterocycles. The Balaban J connectivity index is 1.37. The number of fused-ring (bicyclic) bond motifs is 1. The number of anilines is 1. The van der Waals surface area contributed by atoms with E-state index in [1.165, 1.54) is 12.3 Å². The van der Waals surface area contributed by atoms with Crippen molar-refractivity contribution in [1.82, 2.24) is 9.97 Å². The van der Waals surface area contributed by atoms with Gasteiger partial charge in [0.2, 0.25) is 0 Å². The van der Waals surface area contributed by atoms with E-state index in [4.69, 9.17) is 19.9 Å². The van der Waals surface area contributed by atoms with E-state index >= 15 is 0 Å². The minimum atomic E-state index is -1.57. The number of nitrogens with two attached hydrogens (primary N) is 1. The van der Waals surface area contributed by atoms with Gasteiger partial charge in [-0.25, -0.2) is 9.78 Å². The van der Waals surface area contributed by atoms with E-state index in [1.807, 2.05) is 13.0 Å². The molecular weight excluding hydrogens is 574 g/mol. The van der Waals surface area contributed by atoms with Gasteiger partial charge in [0.15, 0.2) is 12.2 Å². The molecule has 2 aliphatic carbocycles. The summed E-state index contributed by atoms with van der Waals surface area (Å²) in [4.78, 5) is 31.1. The number of aromatic nitrogens is 2. The third kappa shape index (κ3) is 5.69. The summed E-state index contributed by atoms with van der Waals surface area (Å²) in [5.41, 5.74) is 5.37. The Labute approximate surface area is 254 Å². The summed E-state index contributed by atoms with van der Waals surface area (Å²) in [5.74, 6) is -0.602. The summed E-state index contributed by atoms with van der Waals surface area (Å²) >= 11 is 0. The second-order valence-electron chi connectivity index (χ2n) is 12.7. The molecule has 0 aromatic carbocycles. The van der Waals surface area contributed by atoms with Crippen molar-refractivity contribution < 1.29 is 44.5 Å². The molecule has 7 unspecified atom stereocenters. The molecule has 3 heterocycles. The summed E-state index contributed by atoms with van der Waals surface area (Å²) in [6.07, 6.45) is 2.86. The number of hydrogen-bond donors (Lipinski definition) is 7. The van der Waals surface area contributed by atoms with E-state index in [2.05, 4.69) is 23.5 Å². The lowest BCUT2D eigenvalue weighted by Crippen LogP contribution is -2.63. The summed E-state index contributed by atoms with van der Waals surface area (Å²) in [6, 6.07) is 0. The molecule has 10 atom stereocenters. The number of aromatic amines is 1. The number of H-pyrrole nitrogens is 1. The van der Waals surface area contributed by atoms with Crippen LogP contribution in [0.1, 0.15) is 45.1 Å². The average molecular weight is 616 g/mol. The van der Waals surface area contributed by atoms with Gasteiger partial charge in [0.1, 0.15) is 30.2 Å². The van der Waals surface area contributed by atoms with Crippen LogP contribution in [0.15, 0.2) is 52.7 Å². The molecule has 5 rings (SSSR count). The lowest BCUT2D eigenvalue weighted by molar-refractivity contribution is -0.329. The fraction of sp³-hybridized carbons (Fsp3) is 0.581. The topological polar surface area (TPSA) is 218 Å². The van der Waals surface area contributed by atoms with Crippen LogP contribution in [0.4, 0.5) is 5.95 Å². The molecule has 2 saturated carbocycles. The zero-order valence-corrected chi connectivity index (χ0v) is 24.8. The smallest absolute Gasteiger partial charge is 0.343 e. The van der Waals surface area contributed by atoms with Crippen molar-refractivity contribution in [1.29, 1.82) is 0 Å². The predicted octanol–water partition coefficient (Wildman–Crippen LogP) is 0.299. The summed E-state index contributed by atoms with van der Waals surface area (Å²) < 4.78 is 17.2. The molecule has 13 heteroatoms. The van der Waals surface area contributed by atoms with E-state index in [9.17, 15) is 35.1 Å². The van der Waals surface area contributed by atoms with Crippen LogP contribution >= 0.6 is 0 Å². The molecular formula is C31H41N3O10. The maximum absolute atomic E-state index is 12.7. The Bertz CT molecular complexity index is 1440. The molecule has 1 aromatic rings. The van der Waals surface area contributed by atoms with Crippen molar-refractivity contribution in [3.05, 3.63) is 63.8 Å². The van der Waals surface area contributed by atoms with Crippen molar-refractivity contribution in [3.8, 4) is 0 Å². The van der Waals surface area contributed by atoms with Crippen LogP contribution in [-0.4, -0.2) is 91.5 Å². The Kier molecular flexibility index (Phi) is 9.02. The summed E-state index contributed by atoms with van der Waals surface area (Å²) in [6.45, 7) is 7.62. The van der Waals surface area contributed by atoms with Crippen molar-refractivity contribution in [3.63, 3.8) is 0 Å². The minimum absolute atomic E-state index is 0.0222. The standard InChI is InChI=1S/C31H41N3O10/c1-15-4-7-21-30(2,9-8-22(31(21,3)14-36)44-28-25(39)24(38)23(37)20(13-35)43-28)19(15)6-5-16-10-18(42-27(16)41)11-17-12-33-29(32)34-26(17)40/h5-6,10-12,19-25,28,35-39H,1,4,7-9,13-14H2,2-3H3,(H3,32,33,34,40)/b6-5+,18-11+/t19?,20?,21?,22-,23?,24?,25?,28?,30-,31+/m1/s1. The van der Waals surface area contributed by atoms with E-state index in [0.29, 0.717) is 24.8 Å². The molecule has 2 aliphatic heterocycles. The summed E-state index contributed by atoms with van der Waals surface area (Å²) in [5, 5.41) is 51.3. The number of nitrogen functional groups attached to an aromatic ring is 1. The predicted molar refractivity (Wildman–Crippen MR) is 157 cm³/mol. The number of aliphatic hydroxyl groups excluding tert-OH is 5. The van der Waals surface area contributed by atoms with E-state index < -0.39 is 60.4 Å². The van der Waals surface area contributed by atoms with Crippen LogP contribution in [0.3, 0.4) is 0 Å². The fourth-order valence-electron chi connectivity index (χ4n) is 7.51. The Morgan fingerprint density at radius 2 is 1.93 bits per heavy atom. The molecule has 0 bridgehead atoms. The van der Waals surface area contributed by atoms with Gasteiger partial charge in [-0.2, -0.15) is 0 Å². The first kappa shape index (κ1) is 32.2. The summed E-state index contributed by atoms with van der Waals surface area (Å²) in [7, 11) is 0. The van der Waals surface area contributed by atoms with Gasteiger partial charge >= 0.3 is 5.97 Å². The monoisotopic (exact) mass is 615 g/mol. The zero-order chi connectivity index (χ0) is 32.0. The number of hydrogen-bond acceptors (Lipinski definition) is 12. The molecule has 8 N–H and O–H groups in total. The number of rotatable bonds is 7. The van der Waals surface area contributed by atoms with Gasteiger partial charge in [-0.05, 0) is 49.2 Å². The first-order valence-electron chi connectivity index (χ1n) is 14.8. The van der Waals surface area contributed by atoms with Crippen molar-refractivity contribution >= 4 is 18.0 Å². The average Bonchev–Trinajstić information content (AvgIpc) is 3.34. The Hall–Kier alpha value is -3.17. The largest absolute Gasteiger partial charge is 0.423 e. The number of ether oxygens (including phenoxy) is 3. The SMILES string of the molecule is C=C1CCC2[C@](C)(CC[C@@H](OC3OC(CO)C(O)C(O)C3O)[C@@]2(C)CO)C1/C=C/C1=CC(=C\c2cnc(N)[nH]c2=O)/OC1=O. The number of nitrogens with zero attached hydrogens (tertiary/aromatic N) is 1. The number of esters is 1. The molecule has 0 radical (unpaired) electrons. The van der Waals surface area contributed by atoms with Crippen molar-refractivity contribution in [2.24, 2.45) is 22.7 Å². The van der Waals surface area contributed by atoms with E-state index in [0.717, 1.165) is 12.0 Å². The van der Waals surface area contributed by atoms with Crippen LogP contribution in [0.2, 0.25) is 0 Å². The van der Waals surface area contributed by atoms with Crippen LogP contribution in [-0.2, 0) is 19.0 Å². The molecule has 240 valence electrons. The number of cyclic esters (lactones) is 1. The number of allylic oxidation sites excluding steroid dienone is 3. The van der Waals surface area contributed by atoms with Crippen LogP contribution in [0, 0.1) is 22.7 Å². The molecule has 1 saturated heterocycles. The van der Waals surface area contributed by atoms with Gasteiger partial charge in [0, 0.05) is 17.5 Å². The van der Waals surface area contributed by atoms with Crippen LogP contribution < -0.4 is 11.3 Å². The maximum Gasteiger partial charge on any atom is 0.343 e. The van der Waals surface area contributed by atoms with Gasteiger partial charge < -0.3 is 45.5 Å². The maximum atomic E-state index is 12.7. The molecule has 4 aliphatic rings. The van der Waals surface area contributed by atoms with Gasteiger partial charge in [0.25, 0.3) is 5.56 Å². The van der Waals surface area contributed by atoms with Gasteiger partial charge in [-0.15, -0.1) is 0 Å². The third-order valence-corrected chi connectivity index (χ3v) is 10.0. The van der Waals surface area contributed by atoms with Gasteiger partial charge in [0.05, 0.1) is 30.5 Å². The van der Waals surface area contributed by atoms with Crippen LogP contribution in [0.25, 0.3) is 6.08 Å². The number of carbonyl (C=O) groups is 1. The third-order valence-electron chi connectivity index (χ3n) is 10.0. The zero-order valence-electron chi connectivity index (χ0n) is 24.8. The Morgan fingerprint density at radius 3 is 2.61 bits per heavy atom. The number of aliphatic hydroxyl groups is 5. The highest BCUT2D eigenvalue weighted by Gasteiger charge is 2.59. The normalized spacial score (nSPS) is 40.2. The number of nitrogens with one attached hydrogen (secondary N) is 1. The molecule has 0 spiro atoms. The van der Waals surface area contributed by atoms with E-state index in [-0.39, 0.29) is 41.1 Å². The second kappa shape index (κ2) is 12.3.